The molecule has 19 heavy (non-hydrogen) atoms. The highest BCUT2D eigenvalue weighted by atomic mass is 32.2. The maximum Gasteiger partial charge on any atom is 0.243 e. The zero-order valence-corrected chi connectivity index (χ0v) is 11.6. The fourth-order valence-electron chi connectivity index (χ4n) is 1.58. The third-order valence-electron chi connectivity index (χ3n) is 2.53. The molecule has 2 aromatic rings. The lowest BCUT2D eigenvalue weighted by Gasteiger charge is -2.07. The second kappa shape index (κ2) is 5.68. The smallest absolute Gasteiger partial charge is 0.243 e. The molecule has 0 saturated carbocycles. The monoisotopic (exact) mass is 300 g/mol. The zero-order valence-electron chi connectivity index (χ0n) is 9.97. The average Bonchev–Trinajstić information content (AvgIpc) is 2.81. The number of anilines is 1. The van der Waals surface area contributed by atoms with Gasteiger partial charge in [-0.3, -0.25) is 0 Å². The molecule has 0 radical (unpaired) electrons. The van der Waals surface area contributed by atoms with Gasteiger partial charge in [-0.15, -0.1) is 0 Å². The summed E-state index contributed by atoms with van der Waals surface area (Å²) in [5.41, 5.74) is 6.62. The first-order valence-electron chi connectivity index (χ1n) is 5.55. The van der Waals surface area contributed by atoms with Crippen molar-refractivity contribution < 1.29 is 12.8 Å². The van der Waals surface area contributed by atoms with E-state index in [1.165, 1.54) is 6.07 Å². The van der Waals surface area contributed by atoms with Crippen LogP contribution in [0.3, 0.4) is 0 Å². The molecule has 0 bridgehead atoms. The Balaban J connectivity index is 2.05. The first-order valence-corrected chi connectivity index (χ1v) is 7.97. The fraction of sp³-hybridized carbons (Fsp3) is 0.167. The summed E-state index contributed by atoms with van der Waals surface area (Å²) in [4.78, 5) is -0.382. The summed E-state index contributed by atoms with van der Waals surface area (Å²) in [5, 5.41) is 3.86. The number of rotatable bonds is 5. The van der Waals surface area contributed by atoms with Crippen molar-refractivity contribution in [1.82, 2.24) is 4.72 Å². The highest BCUT2D eigenvalue weighted by Crippen LogP contribution is 2.17. The number of nitrogens with two attached hydrogens (primary N) is 1. The van der Waals surface area contributed by atoms with E-state index in [0.717, 1.165) is 17.7 Å². The second-order valence-corrected chi connectivity index (χ2v) is 6.48. The van der Waals surface area contributed by atoms with Crippen LogP contribution in [-0.2, 0) is 16.4 Å². The molecule has 1 aromatic heterocycles. The highest BCUT2D eigenvalue weighted by Gasteiger charge is 2.18. The van der Waals surface area contributed by atoms with Gasteiger partial charge in [0.25, 0.3) is 0 Å². The Morgan fingerprint density at radius 2 is 2.11 bits per heavy atom. The predicted octanol–water partition coefficient (Wildman–Crippen LogP) is 1.99. The molecule has 4 nitrogen and oxygen atoms in total. The van der Waals surface area contributed by atoms with Crippen LogP contribution < -0.4 is 10.5 Å². The standard InChI is InChI=1S/C12H13FN2O2S2/c13-11-7-10(14)1-2-12(11)19(16,17)15-5-3-9-4-6-18-8-9/h1-2,4,6-8,15H,3,5,14H2. The molecule has 0 atom stereocenters. The highest BCUT2D eigenvalue weighted by molar-refractivity contribution is 7.89. The normalized spacial score (nSPS) is 11.6. The minimum Gasteiger partial charge on any atom is -0.399 e. The average molecular weight is 300 g/mol. The van der Waals surface area contributed by atoms with Crippen LogP contribution in [0.2, 0.25) is 0 Å². The molecule has 0 aliphatic rings. The molecule has 2 rings (SSSR count). The number of hydrogen-bond acceptors (Lipinski definition) is 4. The van der Waals surface area contributed by atoms with E-state index in [1.54, 1.807) is 11.3 Å². The Hall–Kier alpha value is -1.44. The Labute approximate surface area is 115 Å². The summed E-state index contributed by atoms with van der Waals surface area (Å²) >= 11 is 1.55. The quantitative estimate of drug-likeness (QED) is 0.830. The van der Waals surface area contributed by atoms with E-state index in [-0.39, 0.29) is 17.1 Å². The van der Waals surface area contributed by atoms with Gasteiger partial charge in [-0.25, -0.2) is 17.5 Å². The van der Waals surface area contributed by atoms with E-state index in [1.807, 2.05) is 16.8 Å². The summed E-state index contributed by atoms with van der Waals surface area (Å²) in [5.74, 6) is -0.844. The number of benzene rings is 1. The largest absolute Gasteiger partial charge is 0.399 e. The van der Waals surface area contributed by atoms with Crippen LogP contribution in [0.4, 0.5) is 10.1 Å². The predicted molar refractivity (Wildman–Crippen MR) is 74.0 cm³/mol. The Bertz CT molecular complexity index is 654. The molecule has 102 valence electrons. The van der Waals surface area contributed by atoms with Crippen LogP contribution in [0.1, 0.15) is 5.56 Å². The summed E-state index contributed by atoms with van der Waals surface area (Å²) in [6.45, 7) is 0.225. The summed E-state index contributed by atoms with van der Waals surface area (Å²) in [6.07, 6.45) is 0.569. The molecule has 1 heterocycles. The number of thiophene rings is 1. The summed E-state index contributed by atoms with van der Waals surface area (Å²) in [6, 6.07) is 5.43. The van der Waals surface area contributed by atoms with Crippen molar-refractivity contribution in [3.8, 4) is 0 Å². The Morgan fingerprint density at radius 3 is 2.74 bits per heavy atom. The van der Waals surface area contributed by atoms with E-state index in [0.29, 0.717) is 6.42 Å². The Morgan fingerprint density at radius 1 is 1.32 bits per heavy atom. The van der Waals surface area contributed by atoms with Gasteiger partial charge in [0.05, 0.1) is 0 Å². The van der Waals surface area contributed by atoms with Crippen LogP contribution in [0.5, 0.6) is 0 Å². The minimum atomic E-state index is -3.84. The number of nitrogens with one attached hydrogen (secondary N) is 1. The van der Waals surface area contributed by atoms with Crippen molar-refractivity contribution in [2.45, 2.75) is 11.3 Å². The van der Waals surface area contributed by atoms with Crippen LogP contribution in [0.15, 0.2) is 39.9 Å². The first kappa shape index (κ1) is 14.0. The molecule has 0 saturated heterocycles. The van der Waals surface area contributed by atoms with E-state index < -0.39 is 15.8 Å². The molecule has 7 heteroatoms. The molecule has 0 aliphatic heterocycles. The third kappa shape index (κ3) is 3.52. The second-order valence-electron chi connectivity index (χ2n) is 3.97. The molecule has 0 fully saturated rings. The maximum absolute atomic E-state index is 13.5. The molecular weight excluding hydrogens is 287 g/mol. The number of sulfonamides is 1. The van der Waals surface area contributed by atoms with E-state index in [9.17, 15) is 12.8 Å². The lowest BCUT2D eigenvalue weighted by Crippen LogP contribution is -2.26. The Kier molecular flexibility index (Phi) is 4.18. The van der Waals surface area contributed by atoms with Crippen LogP contribution >= 0.6 is 11.3 Å². The van der Waals surface area contributed by atoms with Crippen LogP contribution in [0, 0.1) is 5.82 Å². The van der Waals surface area contributed by atoms with Crippen molar-refractivity contribution in [3.63, 3.8) is 0 Å². The summed E-state index contributed by atoms with van der Waals surface area (Å²) < 4.78 is 39.7. The summed E-state index contributed by atoms with van der Waals surface area (Å²) in [7, 11) is -3.84. The molecular formula is C12H13FN2O2S2. The van der Waals surface area contributed by atoms with Gasteiger partial charge in [-0.05, 0) is 47.0 Å². The first-order chi connectivity index (χ1) is 8.99. The van der Waals surface area contributed by atoms with Gasteiger partial charge in [-0.1, -0.05) is 0 Å². The van der Waals surface area contributed by atoms with Crippen molar-refractivity contribution in [2.24, 2.45) is 0 Å². The van der Waals surface area contributed by atoms with Crippen molar-refractivity contribution >= 4 is 27.0 Å². The van der Waals surface area contributed by atoms with E-state index >= 15 is 0 Å². The van der Waals surface area contributed by atoms with Gasteiger partial charge in [0, 0.05) is 12.2 Å². The SMILES string of the molecule is Nc1ccc(S(=O)(=O)NCCc2ccsc2)c(F)c1. The van der Waals surface area contributed by atoms with Gasteiger partial charge in [0.2, 0.25) is 10.0 Å². The zero-order chi connectivity index (χ0) is 13.9. The van der Waals surface area contributed by atoms with Gasteiger partial charge in [-0.2, -0.15) is 11.3 Å². The van der Waals surface area contributed by atoms with Crippen molar-refractivity contribution in [2.75, 3.05) is 12.3 Å². The molecule has 0 unspecified atom stereocenters. The number of nitrogen functional groups attached to an aromatic ring is 1. The van der Waals surface area contributed by atoms with Crippen LogP contribution in [0.25, 0.3) is 0 Å². The van der Waals surface area contributed by atoms with E-state index in [2.05, 4.69) is 4.72 Å². The molecule has 1 aromatic carbocycles. The lowest BCUT2D eigenvalue weighted by atomic mass is 10.2. The van der Waals surface area contributed by atoms with E-state index in [4.69, 9.17) is 5.73 Å². The number of halogens is 1. The maximum atomic E-state index is 13.5. The topological polar surface area (TPSA) is 72.2 Å². The molecule has 0 spiro atoms. The fourth-order valence-corrected chi connectivity index (χ4v) is 3.37. The third-order valence-corrected chi connectivity index (χ3v) is 4.76. The van der Waals surface area contributed by atoms with Crippen molar-refractivity contribution in [3.05, 3.63) is 46.4 Å². The number of hydrogen-bond donors (Lipinski definition) is 2. The molecule has 0 amide bonds. The van der Waals surface area contributed by atoms with Crippen LogP contribution in [-0.4, -0.2) is 15.0 Å². The molecule has 3 N–H and O–H groups in total. The van der Waals surface area contributed by atoms with Gasteiger partial charge >= 0.3 is 0 Å². The lowest BCUT2D eigenvalue weighted by molar-refractivity contribution is 0.557. The van der Waals surface area contributed by atoms with Gasteiger partial charge in [0.15, 0.2) is 0 Å². The van der Waals surface area contributed by atoms with Gasteiger partial charge in [0.1, 0.15) is 10.7 Å². The van der Waals surface area contributed by atoms with Crippen molar-refractivity contribution in [1.29, 1.82) is 0 Å². The molecule has 0 aliphatic carbocycles. The minimum absolute atomic E-state index is 0.190. The van der Waals surface area contributed by atoms with Gasteiger partial charge < -0.3 is 5.73 Å².